The molecule has 0 aromatic rings. The van der Waals surface area contributed by atoms with Crippen LogP contribution >= 0.6 is 12.2 Å². The minimum Gasteiger partial charge on any atom is -0.392 e. The lowest BCUT2D eigenvalue weighted by Crippen LogP contribution is -2.60. The average Bonchev–Trinajstić information content (AvgIpc) is 2.08. The van der Waals surface area contributed by atoms with E-state index in [0.29, 0.717) is 18.8 Å². The Hall–Kier alpha value is -1.17. The van der Waals surface area contributed by atoms with Crippen molar-refractivity contribution >= 4 is 29.0 Å². The molecule has 18 heavy (non-hydrogen) atoms. The van der Waals surface area contributed by atoms with Gasteiger partial charge in [-0.25, -0.2) is 0 Å². The van der Waals surface area contributed by atoms with Crippen LogP contribution < -0.4 is 16.8 Å². The number of thiocarbonyl (C=S) groups is 1. The van der Waals surface area contributed by atoms with Crippen molar-refractivity contribution in [2.75, 3.05) is 0 Å². The van der Waals surface area contributed by atoms with Crippen molar-refractivity contribution in [2.24, 2.45) is 22.8 Å². The Morgan fingerprint density at radius 1 is 1.39 bits per heavy atom. The van der Waals surface area contributed by atoms with Crippen molar-refractivity contribution in [1.82, 2.24) is 5.32 Å². The van der Waals surface area contributed by atoms with Gasteiger partial charge in [0.25, 0.3) is 0 Å². The van der Waals surface area contributed by atoms with Crippen LogP contribution in [0.25, 0.3) is 0 Å². The third-order valence-electron chi connectivity index (χ3n) is 3.37. The van der Waals surface area contributed by atoms with Gasteiger partial charge in [-0.2, -0.15) is 0 Å². The molecule has 0 aromatic carbocycles. The fourth-order valence-corrected chi connectivity index (χ4v) is 2.79. The number of hydrogen-bond acceptors (Lipinski definition) is 3. The van der Waals surface area contributed by atoms with E-state index in [-0.39, 0.29) is 17.3 Å². The summed E-state index contributed by atoms with van der Waals surface area (Å²) in [6.45, 7) is 5.56. The van der Waals surface area contributed by atoms with Gasteiger partial charge in [0.1, 0.15) is 0 Å². The number of nitrogens with one attached hydrogen (secondary N) is 1. The molecule has 0 bridgehead atoms. The van der Waals surface area contributed by atoms with Gasteiger partial charge in [0.15, 0.2) is 0 Å². The summed E-state index contributed by atoms with van der Waals surface area (Å²) in [6, 6.07) is 0. The molecule has 5 nitrogen and oxygen atoms in total. The van der Waals surface area contributed by atoms with E-state index in [1.54, 1.807) is 13.8 Å². The zero-order chi connectivity index (χ0) is 14.1. The number of carbonyl (C=O) groups excluding carboxylic acids is 2. The molecule has 0 aromatic heterocycles. The fraction of sp³-hybridized carbons (Fsp3) is 0.750. The van der Waals surface area contributed by atoms with E-state index >= 15 is 0 Å². The number of rotatable bonds is 5. The smallest absolute Gasteiger partial charge is 0.233 e. The molecular formula is C12H21N3O2S. The maximum absolute atomic E-state index is 12.3. The van der Waals surface area contributed by atoms with E-state index in [9.17, 15) is 9.59 Å². The molecule has 1 fully saturated rings. The molecule has 0 unspecified atom stereocenters. The van der Waals surface area contributed by atoms with Gasteiger partial charge in [0.05, 0.1) is 10.4 Å². The number of nitrogens with two attached hydrogens (primary N) is 2. The zero-order valence-electron chi connectivity index (χ0n) is 11.1. The topological polar surface area (TPSA) is 98.2 Å². The monoisotopic (exact) mass is 271 g/mol. The largest absolute Gasteiger partial charge is 0.392 e. The van der Waals surface area contributed by atoms with E-state index in [1.807, 2.05) is 0 Å². The predicted octanol–water partition coefficient (Wildman–Crippen LogP) is 0.459. The second-order valence-corrected chi connectivity index (χ2v) is 6.38. The highest BCUT2D eigenvalue weighted by Gasteiger charge is 2.51. The molecular weight excluding hydrogens is 250 g/mol. The molecule has 0 spiro atoms. The van der Waals surface area contributed by atoms with Gasteiger partial charge in [-0.15, -0.1) is 0 Å². The molecule has 1 saturated carbocycles. The van der Waals surface area contributed by atoms with Crippen LogP contribution in [0.1, 0.15) is 40.0 Å². The predicted molar refractivity (Wildman–Crippen MR) is 73.6 cm³/mol. The highest BCUT2D eigenvalue weighted by atomic mass is 32.1. The molecule has 5 N–H and O–H groups in total. The SMILES string of the molecule is CC1CC(C(=O)NC(C)(C)CC(N)=O)(C(N)=S)C1. The summed E-state index contributed by atoms with van der Waals surface area (Å²) in [6.07, 6.45) is 1.42. The second-order valence-electron chi connectivity index (χ2n) is 5.94. The summed E-state index contributed by atoms with van der Waals surface area (Å²) in [5, 5.41) is 2.82. The molecule has 0 saturated heterocycles. The first-order valence-corrected chi connectivity index (χ1v) is 6.41. The highest BCUT2D eigenvalue weighted by Crippen LogP contribution is 2.46. The van der Waals surface area contributed by atoms with Crippen LogP contribution in [-0.4, -0.2) is 22.3 Å². The first-order valence-electron chi connectivity index (χ1n) is 6.00. The van der Waals surface area contributed by atoms with E-state index in [4.69, 9.17) is 23.7 Å². The van der Waals surface area contributed by atoms with Crippen molar-refractivity contribution in [3.63, 3.8) is 0 Å². The molecule has 0 radical (unpaired) electrons. The van der Waals surface area contributed by atoms with Crippen LogP contribution in [-0.2, 0) is 9.59 Å². The minimum atomic E-state index is -0.746. The lowest BCUT2D eigenvalue weighted by atomic mass is 9.61. The summed E-state index contributed by atoms with van der Waals surface area (Å²) in [7, 11) is 0. The van der Waals surface area contributed by atoms with Crippen molar-refractivity contribution < 1.29 is 9.59 Å². The van der Waals surface area contributed by atoms with E-state index in [2.05, 4.69) is 12.2 Å². The second kappa shape index (κ2) is 4.84. The molecule has 1 rings (SSSR count). The van der Waals surface area contributed by atoms with Crippen LogP contribution in [0.5, 0.6) is 0 Å². The van der Waals surface area contributed by atoms with Crippen molar-refractivity contribution in [1.29, 1.82) is 0 Å². The third-order valence-corrected chi connectivity index (χ3v) is 3.76. The van der Waals surface area contributed by atoms with E-state index in [0.717, 1.165) is 0 Å². The number of amides is 2. The molecule has 1 aliphatic carbocycles. The molecule has 0 atom stereocenters. The van der Waals surface area contributed by atoms with Crippen LogP contribution in [0.15, 0.2) is 0 Å². The maximum Gasteiger partial charge on any atom is 0.233 e. The van der Waals surface area contributed by atoms with E-state index in [1.165, 1.54) is 0 Å². The summed E-state index contributed by atoms with van der Waals surface area (Å²) in [4.78, 5) is 23.5. The quantitative estimate of drug-likeness (QED) is 0.633. The van der Waals surface area contributed by atoms with Crippen LogP contribution in [0.2, 0.25) is 0 Å². The zero-order valence-corrected chi connectivity index (χ0v) is 11.9. The van der Waals surface area contributed by atoms with Gasteiger partial charge in [-0.3, -0.25) is 9.59 Å². The van der Waals surface area contributed by atoms with Crippen molar-refractivity contribution in [2.45, 2.75) is 45.6 Å². The van der Waals surface area contributed by atoms with Gasteiger partial charge in [0, 0.05) is 12.0 Å². The molecule has 0 heterocycles. The van der Waals surface area contributed by atoms with Gasteiger partial charge in [-0.1, -0.05) is 19.1 Å². The van der Waals surface area contributed by atoms with E-state index < -0.39 is 16.9 Å². The van der Waals surface area contributed by atoms with Gasteiger partial charge in [-0.05, 0) is 32.6 Å². The Bertz CT molecular complexity index is 387. The van der Waals surface area contributed by atoms with Gasteiger partial charge < -0.3 is 16.8 Å². The number of primary amides is 1. The highest BCUT2D eigenvalue weighted by molar-refractivity contribution is 7.80. The van der Waals surface area contributed by atoms with Crippen molar-refractivity contribution in [3.05, 3.63) is 0 Å². The molecule has 102 valence electrons. The first kappa shape index (κ1) is 14.9. The minimum absolute atomic E-state index is 0.0850. The molecule has 0 aliphatic heterocycles. The number of hydrogen-bond donors (Lipinski definition) is 3. The lowest BCUT2D eigenvalue weighted by molar-refractivity contribution is -0.135. The maximum atomic E-state index is 12.3. The lowest BCUT2D eigenvalue weighted by Gasteiger charge is -2.45. The van der Waals surface area contributed by atoms with Crippen molar-refractivity contribution in [3.8, 4) is 0 Å². The van der Waals surface area contributed by atoms with Crippen LogP contribution in [0.3, 0.4) is 0 Å². The average molecular weight is 271 g/mol. The first-order chi connectivity index (χ1) is 8.09. The Labute approximate surface area is 113 Å². The Kier molecular flexibility index (Phi) is 4.00. The summed E-state index contributed by atoms with van der Waals surface area (Å²) >= 11 is 5.01. The Morgan fingerprint density at radius 2 is 1.89 bits per heavy atom. The van der Waals surface area contributed by atoms with Gasteiger partial charge in [0.2, 0.25) is 11.8 Å². The Balaban J connectivity index is 2.75. The number of carbonyl (C=O) groups is 2. The summed E-state index contributed by atoms with van der Waals surface area (Å²) in [5.41, 5.74) is 9.42. The Morgan fingerprint density at radius 3 is 2.22 bits per heavy atom. The summed E-state index contributed by atoms with van der Waals surface area (Å²) in [5.74, 6) is -0.206. The summed E-state index contributed by atoms with van der Waals surface area (Å²) < 4.78 is 0. The van der Waals surface area contributed by atoms with Crippen LogP contribution in [0, 0.1) is 11.3 Å². The normalized spacial score (nSPS) is 27.2. The fourth-order valence-electron chi connectivity index (χ4n) is 2.54. The third kappa shape index (κ3) is 2.98. The van der Waals surface area contributed by atoms with Gasteiger partial charge >= 0.3 is 0 Å². The van der Waals surface area contributed by atoms with Crippen LogP contribution in [0.4, 0.5) is 0 Å². The molecule has 1 aliphatic rings. The molecule has 6 heteroatoms. The molecule has 2 amide bonds. The standard InChI is InChI=1S/C12H21N3O2S/c1-7-4-12(5-7,9(14)18)10(17)15-11(2,3)6-8(13)16/h7H,4-6H2,1-3H3,(H2,13,16)(H2,14,18)(H,15,17).